The molecule has 1 saturated heterocycles. The molecule has 0 unspecified atom stereocenters. The second-order valence-corrected chi connectivity index (χ2v) is 12.4. The summed E-state index contributed by atoms with van der Waals surface area (Å²) in [4.78, 5) is 30.1. The molecule has 4 aliphatic rings. The first kappa shape index (κ1) is 32.5. The van der Waals surface area contributed by atoms with Gasteiger partial charge in [0.2, 0.25) is 0 Å². The topological polar surface area (TPSA) is 122 Å². The quantitative estimate of drug-likeness (QED) is 0.308. The zero-order valence-corrected chi connectivity index (χ0v) is 28.4. The summed E-state index contributed by atoms with van der Waals surface area (Å²) in [6, 6.07) is 23.5. The molecule has 1 spiro atoms. The molecule has 9 nitrogen and oxygen atoms in total. The van der Waals surface area contributed by atoms with Gasteiger partial charge in [0.15, 0.2) is 35.0 Å². The maximum Gasteiger partial charge on any atom is 1.00 e. The van der Waals surface area contributed by atoms with E-state index in [9.17, 15) is 14.7 Å². The molecule has 0 amide bonds. The summed E-state index contributed by atoms with van der Waals surface area (Å²) >= 11 is 0. The molecule has 4 aromatic rings. The fraction of sp³-hybridized carbons (Fsp3) is 0.361. The van der Waals surface area contributed by atoms with Crippen molar-refractivity contribution < 1.29 is 64.7 Å². The van der Waals surface area contributed by atoms with Crippen molar-refractivity contribution in [2.75, 3.05) is 20.7 Å². The third-order valence-corrected chi connectivity index (χ3v) is 10.0. The number of hydrogen-bond donors (Lipinski definition) is 2. The van der Waals surface area contributed by atoms with E-state index in [-0.39, 0.29) is 55.7 Å². The Morgan fingerprint density at radius 1 is 1.07 bits per heavy atom. The van der Waals surface area contributed by atoms with E-state index in [1.54, 1.807) is 7.11 Å². The van der Waals surface area contributed by atoms with Crippen LogP contribution in [-0.4, -0.2) is 70.3 Å². The van der Waals surface area contributed by atoms with Gasteiger partial charge in [0.1, 0.15) is 5.69 Å². The Morgan fingerprint density at radius 3 is 2.43 bits per heavy atom. The second kappa shape index (κ2) is 12.6. The van der Waals surface area contributed by atoms with E-state index in [1.807, 2.05) is 66.7 Å². The first-order chi connectivity index (χ1) is 21.8. The van der Waals surface area contributed by atoms with Gasteiger partial charge >= 0.3 is 35.5 Å². The van der Waals surface area contributed by atoms with Gasteiger partial charge in [-0.05, 0) is 44.5 Å². The molecule has 3 heterocycles. The number of hydrogen-bond acceptors (Lipinski definition) is 8. The van der Waals surface area contributed by atoms with Gasteiger partial charge in [-0.15, -0.1) is 0 Å². The molecule has 46 heavy (non-hydrogen) atoms. The third kappa shape index (κ3) is 5.09. The Hall–Kier alpha value is -3.47. The van der Waals surface area contributed by atoms with Crippen LogP contribution >= 0.6 is 0 Å². The van der Waals surface area contributed by atoms with Gasteiger partial charge < -0.3 is 30.4 Å². The fourth-order valence-electron chi connectivity index (χ4n) is 7.95. The maximum absolute atomic E-state index is 12.7. The summed E-state index contributed by atoms with van der Waals surface area (Å²) in [5, 5.41) is 20.6. The van der Waals surface area contributed by atoms with Crippen molar-refractivity contribution in [1.29, 1.82) is 0 Å². The van der Waals surface area contributed by atoms with Crippen molar-refractivity contribution in [2.45, 2.75) is 61.7 Å². The first-order valence-electron chi connectivity index (χ1n) is 15.4. The Kier molecular flexibility index (Phi) is 8.91. The van der Waals surface area contributed by atoms with Gasteiger partial charge in [-0.1, -0.05) is 66.7 Å². The Balaban J connectivity index is 0.000000177. The Morgan fingerprint density at radius 2 is 1.76 bits per heavy atom. The number of carboxylic acid groups (broad SMARTS) is 1. The number of piperidine rings is 1. The molecule has 1 saturated carbocycles. The van der Waals surface area contributed by atoms with Crippen LogP contribution in [0.15, 0.2) is 77.2 Å². The van der Waals surface area contributed by atoms with E-state index in [4.69, 9.17) is 19.0 Å². The van der Waals surface area contributed by atoms with E-state index in [2.05, 4.69) is 23.0 Å². The van der Waals surface area contributed by atoms with Crippen molar-refractivity contribution in [3.8, 4) is 34.1 Å². The monoisotopic (exact) mass is 632 g/mol. The molecule has 2 aliphatic carbocycles. The van der Waals surface area contributed by atoms with E-state index < -0.39 is 23.1 Å². The van der Waals surface area contributed by atoms with Crippen molar-refractivity contribution in [3.63, 3.8) is 0 Å². The van der Waals surface area contributed by atoms with E-state index in [0.29, 0.717) is 36.0 Å². The summed E-state index contributed by atoms with van der Waals surface area (Å²) in [5.74, 6) is 1.73. The van der Waals surface area contributed by atoms with Gasteiger partial charge in [0.05, 0.1) is 24.5 Å². The average molecular weight is 633 g/mol. The molecule has 8 rings (SSSR count). The number of methoxy groups -OCH3 is 1. The molecule has 4 atom stereocenters. The summed E-state index contributed by atoms with van der Waals surface area (Å²) in [5.41, 5.74) is 3.36. The number of likely N-dealkylation sites (N-methyl/N-ethyl adjacent to an activating group) is 1. The number of carbonyl (C=O) groups is 2. The molecule has 3 aromatic carbocycles. The number of aryl methyl sites for hydroxylation is 1. The zero-order chi connectivity index (χ0) is 31.3. The number of aliphatic hydroxyl groups is 1. The number of carbonyl (C=O) groups excluding carboxylic acids is 1. The number of aliphatic carboxylic acids is 1. The Bertz CT molecular complexity index is 1710. The van der Waals surface area contributed by atoms with Crippen LogP contribution in [-0.2, 0) is 27.8 Å². The average Bonchev–Trinajstić information content (AvgIpc) is 3.65. The molecule has 2 fully saturated rings. The van der Waals surface area contributed by atoms with Crippen molar-refractivity contribution in [2.24, 2.45) is 0 Å². The van der Waals surface area contributed by atoms with Gasteiger partial charge in [-0.2, -0.15) is 0 Å². The molecule has 2 aliphatic heterocycles. The maximum atomic E-state index is 12.7. The standard InChI is InChI=1S/C18H21NO4.C18H15NO3.Na.H/c1-19-8-7-17-14-10-3-4-12(22-2)15(14)23-16(17)11(20)5-6-18(17,21)13(19)9-10;20-16(21)12-11-15-19-17(13-7-3-1-4-8-13)18(22-15)14-9-5-2-6-10-14;;/h3-4,13,16,21H,5-9H2,1-2H3;1-10H,11-12H2,(H,20,21);;/q;;+1;-1/t13-,16+,17+,18-;;;/m1.../s1. The number of carboxylic acids is 1. The molecule has 0 radical (unpaired) electrons. The number of oxazole rings is 1. The van der Waals surface area contributed by atoms with Crippen LogP contribution in [0, 0.1) is 0 Å². The van der Waals surface area contributed by atoms with Crippen LogP contribution in [0.2, 0.25) is 0 Å². The number of benzene rings is 3. The number of ether oxygens (including phenoxy) is 2. The molecule has 1 aromatic heterocycles. The second-order valence-electron chi connectivity index (χ2n) is 12.4. The number of ketones is 1. The minimum Gasteiger partial charge on any atom is -1.00 e. The predicted octanol–water partition coefficient (Wildman–Crippen LogP) is 2.19. The van der Waals surface area contributed by atoms with Crippen LogP contribution in [0.5, 0.6) is 11.5 Å². The molecular formula is C36H37N2NaO7. The number of likely N-dealkylation sites (tertiary alicyclic amines) is 1. The predicted molar refractivity (Wildman–Crippen MR) is 167 cm³/mol. The van der Waals surface area contributed by atoms with Gasteiger partial charge in [-0.25, -0.2) is 4.98 Å². The smallest absolute Gasteiger partial charge is 1.00 e. The molecule has 2 N–H and O–H groups in total. The van der Waals surface area contributed by atoms with Crippen molar-refractivity contribution in [3.05, 3.63) is 89.8 Å². The van der Waals surface area contributed by atoms with Crippen LogP contribution in [0.4, 0.5) is 0 Å². The van der Waals surface area contributed by atoms with Crippen LogP contribution in [0.1, 0.15) is 44.1 Å². The van der Waals surface area contributed by atoms with E-state index in [1.165, 1.54) is 5.56 Å². The van der Waals surface area contributed by atoms with E-state index in [0.717, 1.165) is 41.8 Å². The van der Waals surface area contributed by atoms with Gasteiger partial charge in [-0.3, -0.25) is 9.59 Å². The van der Waals surface area contributed by atoms with Gasteiger partial charge in [0.25, 0.3) is 0 Å². The molecular weight excluding hydrogens is 595 g/mol. The van der Waals surface area contributed by atoms with E-state index >= 15 is 0 Å². The third-order valence-electron chi connectivity index (χ3n) is 10.0. The number of aromatic nitrogens is 1. The number of Topliss-reactive ketones (excluding diaryl/α,β-unsaturated/α-hetero) is 1. The molecule has 10 heteroatoms. The molecule has 234 valence electrons. The molecule has 2 bridgehead atoms. The first-order valence-corrected chi connectivity index (χ1v) is 15.4. The summed E-state index contributed by atoms with van der Waals surface area (Å²) in [6.07, 6.45) is 2.18. The zero-order valence-electron chi connectivity index (χ0n) is 27.4. The van der Waals surface area contributed by atoms with Gasteiger partial charge in [0, 0.05) is 35.6 Å². The largest absolute Gasteiger partial charge is 1.00 e. The summed E-state index contributed by atoms with van der Waals surface area (Å²) in [7, 11) is 3.70. The normalized spacial score (nSPS) is 25.3. The number of rotatable bonds is 6. The summed E-state index contributed by atoms with van der Waals surface area (Å²) < 4.78 is 17.5. The fourth-order valence-corrected chi connectivity index (χ4v) is 7.95. The Labute approximate surface area is 291 Å². The van der Waals surface area contributed by atoms with Crippen LogP contribution < -0.4 is 39.0 Å². The summed E-state index contributed by atoms with van der Waals surface area (Å²) in [6.45, 7) is 0.871. The van der Waals surface area contributed by atoms with Crippen molar-refractivity contribution in [1.82, 2.24) is 9.88 Å². The minimum absolute atomic E-state index is 0. The van der Waals surface area contributed by atoms with Crippen LogP contribution in [0.3, 0.4) is 0 Å². The van der Waals surface area contributed by atoms with Crippen LogP contribution in [0.25, 0.3) is 22.6 Å². The number of nitrogens with zero attached hydrogens (tertiary/aromatic N) is 2. The minimum atomic E-state index is -0.900. The van der Waals surface area contributed by atoms with Crippen molar-refractivity contribution >= 4 is 11.8 Å². The SMILES string of the molecule is COc1ccc2c3c1O[C@H]1C(=O)CC[C@@]4(O)[C@@H](C2)N(C)CC[C@]314.O=C(O)CCc1nc(-c2ccccc2)c(-c2ccccc2)o1.[H-].[Na+].